The van der Waals surface area contributed by atoms with Gasteiger partial charge in [0.1, 0.15) is 12.1 Å². The number of benzene rings is 2. The molecule has 0 aliphatic carbocycles. The maximum absolute atomic E-state index is 14.1. The molecule has 0 bridgehead atoms. The third-order valence-electron chi connectivity index (χ3n) is 3.37. The molecule has 0 aliphatic heterocycles. The molecule has 3 aromatic rings. The first-order valence-corrected chi connectivity index (χ1v) is 6.72. The summed E-state index contributed by atoms with van der Waals surface area (Å²) >= 11 is 0. The smallest absolute Gasteiger partial charge is 0.337 e. The number of esters is 1. The molecule has 5 nitrogen and oxygen atoms in total. The van der Waals surface area contributed by atoms with Gasteiger partial charge in [0.25, 0.3) is 0 Å². The molecule has 0 atom stereocenters. The van der Waals surface area contributed by atoms with Gasteiger partial charge in [-0.25, -0.2) is 14.2 Å². The Labute approximate surface area is 130 Å². The van der Waals surface area contributed by atoms with Crippen LogP contribution in [0.4, 0.5) is 4.39 Å². The number of carbonyl (C=O) groups is 2. The summed E-state index contributed by atoms with van der Waals surface area (Å²) in [6.45, 7) is 0. The molecule has 6 heteroatoms. The van der Waals surface area contributed by atoms with E-state index in [-0.39, 0.29) is 11.1 Å². The van der Waals surface area contributed by atoms with E-state index in [9.17, 15) is 14.0 Å². The fourth-order valence-electron chi connectivity index (χ4n) is 2.20. The molecular weight excluding hydrogens is 299 g/mol. The monoisotopic (exact) mass is 310 g/mol. The van der Waals surface area contributed by atoms with E-state index in [0.717, 1.165) is 6.07 Å². The quantitative estimate of drug-likeness (QED) is 0.549. The maximum atomic E-state index is 14.1. The Morgan fingerprint density at radius 2 is 2.00 bits per heavy atom. The summed E-state index contributed by atoms with van der Waals surface area (Å²) in [6, 6.07) is 8.88. The zero-order valence-corrected chi connectivity index (χ0v) is 12.1. The van der Waals surface area contributed by atoms with E-state index in [4.69, 9.17) is 0 Å². The zero-order valence-electron chi connectivity index (χ0n) is 12.1. The molecule has 1 aromatic heterocycles. The van der Waals surface area contributed by atoms with Crippen molar-refractivity contribution < 1.29 is 18.7 Å². The Kier molecular flexibility index (Phi) is 3.80. The predicted octanol–water partition coefficient (Wildman–Crippen LogP) is 3.04. The van der Waals surface area contributed by atoms with Crippen LogP contribution in [0.5, 0.6) is 0 Å². The number of aldehydes is 1. The highest BCUT2D eigenvalue weighted by Crippen LogP contribution is 2.23. The van der Waals surface area contributed by atoms with Crippen molar-refractivity contribution in [1.29, 1.82) is 0 Å². The molecule has 0 unspecified atom stereocenters. The van der Waals surface area contributed by atoms with Crippen molar-refractivity contribution in [3.05, 3.63) is 59.5 Å². The lowest BCUT2D eigenvalue weighted by atomic mass is 10.1. The van der Waals surface area contributed by atoms with E-state index in [1.807, 2.05) is 0 Å². The van der Waals surface area contributed by atoms with Gasteiger partial charge in [-0.05, 0) is 30.3 Å². The summed E-state index contributed by atoms with van der Waals surface area (Å²) in [4.78, 5) is 30.8. The SMILES string of the molecule is COC(=O)c1ccc2ncc(-c3ccc(C=O)cc3F)nc2c1. The Morgan fingerprint density at radius 3 is 2.70 bits per heavy atom. The first-order chi connectivity index (χ1) is 11.1. The number of ether oxygens (including phenoxy) is 1. The van der Waals surface area contributed by atoms with Crippen LogP contribution in [0.2, 0.25) is 0 Å². The van der Waals surface area contributed by atoms with Crippen LogP contribution in [-0.2, 0) is 4.74 Å². The van der Waals surface area contributed by atoms with Gasteiger partial charge in [-0.1, -0.05) is 6.07 Å². The minimum absolute atomic E-state index is 0.230. The lowest BCUT2D eigenvalue weighted by molar-refractivity contribution is 0.0601. The highest BCUT2D eigenvalue weighted by atomic mass is 19.1. The van der Waals surface area contributed by atoms with Crippen LogP contribution in [-0.4, -0.2) is 29.3 Å². The third kappa shape index (κ3) is 2.78. The molecule has 0 fully saturated rings. The molecular formula is C17H11FN2O3. The van der Waals surface area contributed by atoms with E-state index in [1.165, 1.54) is 31.5 Å². The topological polar surface area (TPSA) is 69.2 Å². The van der Waals surface area contributed by atoms with Crippen molar-refractivity contribution in [2.75, 3.05) is 7.11 Å². The van der Waals surface area contributed by atoms with Gasteiger partial charge in [0.2, 0.25) is 0 Å². The van der Waals surface area contributed by atoms with Crippen LogP contribution >= 0.6 is 0 Å². The van der Waals surface area contributed by atoms with Crippen molar-refractivity contribution in [2.45, 2.75) is 0 Å². The molecule has 0 aliphatic rings. The van der Waals surface area contributed by atoms with Crippen molar-refractivity contribution >= 4 is 23.3 Å². The molecule has 0 N–H and O–H groups in total. The highest BCUT2D eigenvalue weighted by molar-refractivity contribution is 5.93. The number of fused-ring (bicyclic) bond motifs is 1. The van der Waals surface area contributed by atoms with Gasteiger partial charge in [0, 0.05) is 11.1 Å². The predicted molar refractivity (Wildman–Crippen MR) is 81.7 cm³/mol. The van der Waals surface area contributed by atoms with E-state index in [2.05, 4.69) is 14.7 Å². The fraction of sp³-hybridized carbons (Fsp3) is 0.0588. The van der Waals surface area contributed by atoms with E-state index in [1.54, 1.807) is 12.1 Å². The van der Waals surface area contributed by atoms with Crippen LogP contribution in [0.15, 0.2) is 42.6 Å². The second kappa shape index (κ2) is 5.92. The first-order valence-electron chi connectivity index (χ1n) is 6.72. The second-order valence-electron chi connectivity index (χ2n) is 4.81. The molecule has 0 saturated heterocycles. The number of halogens is 1. The molecule has 23 heavy (non-hydrogen) atoms. The number of hydrogen-bond acceptors (Lipinski definition) is 5. The molecule has 2 aromatic carbocycles. The molecule has 0 amide bonds. The molecule has 0 saturated carbocycles. The van der Waals surface area contributed by atoms with Gasteiger partial charge in [0.15, 0.2) is 0 Å². The lowest BCUT2D eigenvalue weighted by Crippen LogP contribution is -2.01. The van der Waals surface area contributed by atoms with Crippen LogP contribution < -0.4 is 0 Å². The van der Waals surface area contributed by atoms with Crippen molar-refractivity contribution in [3.63, 3.8) is 0 Å². The Balaban J connectivity index is 2.11. The lowest BCUT2D eigenvalue weighted by Gasteiger charge is -2.06. The largest absolute Gasteiger partial charge is 0.465 e. The first kappa shape index (κ1) is 14.8. The van der Waals surface area contributed by atoms with E-state index in [0.29, 0.717) is 28.6 Å². The van der Waals surface area contributed by atoms with Crippen molar-refractivity contribution in [1.82, 2.24) is 9.97 Å². The summed E-state index contributed by atoms with van der Waals surface area (Å²) in [5.74, 6) is -1.05. The van der Waals surface area contributed by atoms with Crippen LogP contribution in [0.3, 0.4) is 0 Å². The molecule has 3 rings (SSSR count). The number of carbonyl (C=O) groups excluding carboxylic acids is 2. The number of hydrogen-bond donors (Lipinski definition) is 0. The number of methoxy groups -OCH3 is 1. The van der Waals surface area contributed by atoms with E-state index < -0.39 is 11.8 Å². The Bertz CT molecular complexity index is 925. The van der Waals surface area contributed by atoms with Gasteiger partial charge in [-0.3, -0.25) is 9.78 Å². The summed E-state index contributed by atoms with van der Waals surface area (Å²) in [5, 5.41) is 0. The van der Waals surface area contributed by atoms with Crippen LogP contribution in [0.25, 0.3) is 22.3 Å². The summed E-state index contributed by atoms with van der Waals surface area (Å²) in [7, 11) is 1.29. The Hall–Kier alpha value is -3.15. The average molecular weight is 310 g/mol. The maximum Gasteiger partial charge on any atom is 0.337 e. The molecule has 0 radical (unpaired) electrons. The van der Waals surface area contributed by atoms with Crippen molar-refractivity contribution in [2.24, 2.45) is 0 Å². The summed E-state index contributed by atoms with van der Waals surface area (Å²) in [6.07, 6.45) is 2.01. The molecule has 0 spiro atoms. The standard InChI is InChI=1S/C17H11FN2O3/c1-23-17(22)11-3-5-14-15(7-11)20-16(8-19-14)12-4-2-10(9-21)6-13(12)18/h2-9H,1H3. The third-order valence-corrected chi connectivity index (χ3v) is 3.37. The highest BCUT2D eigenvalue weighted by Gasteiger charge is 2.11. The van der Waals surface area contributed by atoms with Gasteiger partial charge in [0.05, 0.1) is 35.6 Å². The second-order valence-corrected chi connectivity index (χ2v) is 4.81. The van der Waals surface area contributed by atoms with Crippen LogP contribution in [0, 0.1) is 5.82 Å². The summed E-state index contributed by atoms with van der Waals surface area (Å²) < 4.78 is 18.7. The molecule has 114 valence electrons. The minimum Gasteiger partial charge on any atom is -0.465 e. The fourth-order valence-corrected chi connectivity index (χ4v) is 2.20. The Morgan fingerprint density at radius 1 is 1.17 bits per heavy atom. The average Bonchev–Trinajstić information content (AvgIpc) is 2.59. The minimum atomic E-state index is -0.563. The van der Waals surface area contributed by atoms with Gasteiger partial charge >= 0.3 is 5.97 Å². The van der Waals surface area contributed by atoms with Gasteiger partial charge in [-0.2, -0.15) is 0 Å². The van der Waals surface area contributed by atoms with Gasteiger partial charge in [-0.15, -0.1) is 0 Å². The van der Waals surface area contributed by atoms with Gasteiger partial charge < -0.3 is 4.74 Å². The number of aromatic nitrogens is 2. The normalized spacial score (nSPS) is 10.5. The number of nitrogens with zero attached hydrogens (tertiary/aromatic N) is 2. The van der Waals surface area contributed by atoms with Crippen molar-refractivity contribution in [3.8, 4) is 11.3 Å². The van der Waals surface area contributed by atoms with E-state index >= 15 is 0 Å². The summed E-state index contributed by atoms with van der Waals surface area (Å²) in [5.41, 5.74) is 2.15. The number of rotatable bonds is 3. The molecule has 1 heterocycles. The van der Waals surface area contributed by atoms with Crippen LogP contribution in [0.1, 0.15) is 20.7 Å². The zero-order chi connectivity index (χ0) is 16.4.